The Bertz CT molecular complexity index is 1260. The maximum Gasteiger partial charge on any atom is 0.330 e. The van der Waals surface area contributed by atoms with Gasteiger partial charge in [-0.1, -0.05) is 24.3 Å². The molecule has 7 nitrogen and oxygen atoms in total. The van der Waals surface area contributed by atoms with Crippen LogP contribution in [0.3, 0.4) is 0 Å². The monoisotopic (exact) mass is 406 g/mol. The van der Waals surface area contributed by atoms with Crippen LogP contribution in [0.1, 0.15) is 18.0 Å². The second-order valence-corrected chi connectivity index (χ2v) is 6.73. The van der Waals surface area contributed by atoms with Crippen molar-refractivity contribution in [3.63, 3.8) is 0 Å². The molecule has 0 aliphatic carbocycles. The average Bonchev–Trinajstić information content (AvgIpc) is 3.34. The molecule has 1 amide bonds. The lowest BCUT2D eigenvalue weighted by Crippen LogP contribution is -2.19. The molecule has 8 heteroatoms. The van der Waals surface area contributed by atoms with E-state index in [1.54, 1.807) is 55.6 Å². The highest BCUT2D eigenvalue weighted by atomic mass is 19.1. The smallest absolute Gasteiger partial charge is 0.330 e. The van der Waals surface area contributed by atoms with Crippen LogP contribution in [-0.4, -0.2) is 20.4 Å². The number of imidazole rings is 1. The highest BCUT2D eigenvalue weighted by molar-refractivity contribution is 5.92. The Morgan fingerprint density at radius 2 is 1.97 bits per heavy atom. The molecule has 0 unspecified atom stereocenters. The number of carbonyl (C=O) groups excluding carboxylic acids is 1. The number of amides is 1. The Morgan fingerprint density at radius 3 is 2.73 bits per heavy atom. The van der Waals surface area contributed by atoms with Crippen molar-refractivity contribution in [2.24, 2.45) is 0 Å². The first-order valence-electron chi connectivity index (χ1n) is 9.39. The topological polar surface area (TPSA) is 92.9 Å². The molecule has 0 bridgehead atoms. The first-order chi connectivity index (χ1) is 14.5. The number of aromatic amines is 1. The summed E-state index contributed by atoms with van der Waals surface area (Å²) in [6.45, 7) is 1.80. The number of oxazole rings is 1. The molecular formula is C22H19FN4O3. The Morgan fingerprint density at radius 1 is 1.20 bits per heavy atom. The Hall–Kier alpha value is -3.94. The third-order valence-electron chi connectivity index (χ3n) is 4.64. The fourth-order valence-electron chi connectivity index (χ4n) is 3.17. The summed E-state index contributed by atoms with van der Waals surface area (Å²) in [5.74, 6) is 0.00437. The molecule has 2 aromatic carbocycles. The van der Waals surface area contributed by atoms with Gasteiger partial charge in [0, 0.05) is 24.7 Å². The number of aryl methyl sites for hydroxylation is 2. The summed E-state index contributed by atoms with van der Waals surface area (Å²) in [7, 11) is 0. The highest BCUT2D eigenvalue weighted by Crippen LogP contribution is 2.24. The number of aromatic nitrogens is 3. The summed E-state index contributed by atoms with van der Waals surface area (Å²) >= 11 is 0. The summed E-state index contributed by atoms with van der Waals surface area (Å²) in [5.41, 5.74) is 1.86. The van der Waals surface area contributed by atoms with E-state index in [1.165, 1.54) is 16.8 Å². The molecule has 0 saturated heterocycles. The second-order valence-electron chi connectivity index (χ2n) is 6.73. The predicted molar refractivity (Wildman–Crippen MR) is 110 cm³/mol. The Labute approximate surface area is 171 Å². The molecule has 2 N–H and O–H groups in total. The van der Waals surface area contributed by atoms with Gasteiger partial charge < -0.3 is 14.7 Å². The van der Waals surface area contributed by atoms with E-state index in [2.05, 4.69) is 15.3 Å². The molecule has 30 heavy (non-hydrogen) atoms. The Kier molecular flexibility index (Phi) is 5.30. The van der Waals surface area contributed by atoms with E-state index >= 15 is 0 Å². The zero-order valence-electron chi connectivity index (χ0n) is 16.2. The first kappa shape index (κ1) is 19.4. The fraction of sp³-hybridized carbons (Fsp3) is 0.136. The van der Waals surface area contributed by atoms with Crippen molar-refractivity contribution < 1.29 is 13.6 Å². The number of rotatable bonds is 6. The minimum Gasteiger partial charge on any atom is -0.441 e. The number of para-hydroxylation sites is 2. The van der Waals surface area contributed by atoms with E-state index in [0.29, 0.717) is 28.6 Å². The highest BCUT2D eigenvalue weighted by Gasteiger charge is 2.14. The summed E-state index contributed by atoms with van der Waals surface area (Å²) in [5, 5.41) is 2.83. The van der Waals surface area contributed by atoms with Crippen molar-refractivity contribution in [1.29, 1.82) is 0 Å². The van der Waals surface area contributed by atoms with Crippen molar-refractivity contribution in [1.82, 2.24) is 14.5 Å². The van der Waals surface area contributed by atoms with Gasteiger partial charge in [-0.2, -0.15) is 0 Å². The van der Waals surface area contributed by atoms with Gasteiger partial charge in [-0.05, 0) is 31.2 Å². The molecule has 0 atom stereocenters. The molecule has 152 valence electrons. The van der Waals surface area contributed by atoms with Gasteiger partial charge >= 0.3 is 5.69 Å². The first-order valence-corrected chi connectivity index (χ1v) is 9.39. The summed E-state index contributed by atoms with van der Waals surface area (Å²) in [6, 6.07) is 13.3. The van der Waals surface area contributed by atoms with Gasteiger partial charge in [-0.25, -0.2) is 14.2 Å². The molecule has 0 spiro atoms. The molecular weight excluding hydrogens is 387 g/mol. The number of H-pyrrole nitrogens is 1. The number of hydrogen-bond donors (Lipinski definition) is 2. The zero-order valence-corrected chi connectivity index (χ0v) is 16.2. The zero-order chi connectivity index (χ0) is 21.1. The summed E-state index contributed by atoms with van der Waals surface area (Å²) < 4.78 is 20.9. The fourth-order valence-corrected chi connectivity index (χ4v) is 3.17. The van der Waals surface area contributed by atoms with Crippen molar-refractivity contribution in [2.75, 3.05) is 5.32 Å². The molecule has 4 aromatic rings. The van der Waals surface area contributed by atoms with Crippen LogP contribution in [-0.2, 0) is 11.2 Å². The number of nitrogens with zero attached hydrogens (tertiary/aromatic N) is 2. The van der Waals surface area contributed by atoms with Crippen LogP contribution in [0.25, 0.3) is 17.0 Å². The van der Waals surface area contributed by atoms with Crippen molar-refractivity contribution in [3.8, 4) is 17.0 Å². The van der Waals surface area contributed by atoms with Gasteiger partial charge in [0.05, 0.1) is 23.1 Å². The normalized spacial score (nSPS) is 10.9. The van der Waals surface area contributed by atoms with Crippen LogP contribution in [0, 0.1) is 12.7 Å². The van der Waals surface area contributed by atoms with Crippen LogP contribution in [0.2, 0.25) is 0 Å². The van der Waals surface area contributed by atoms with Gasteiger partial charge in [0.2, 0.25) is 5.91 Å². The number of anilines is 1. The third-order valence-corrected chi connectivity index (χ3v) is 4.64. The standard InChI is InChI=1S/C22H19FN4O3/c1-14-12-25-22(29)27(14)18-9-5-4-8-17(18)26-20(28)10-11-21-24-13-19(30-21)15-6-2-3-7-16(15)23/h2-9,12-13H,10-11H2,1H3,(H,25,29)(H,26,28). The lowest BCUT2D eigenvalue weighted by molar-refractivity contribution is -0.116. The maximum atomic E-state index is 13.9. The minimum atomic E-state index is -0.398. The number of carbonyl (C=O) groups is 1. The number of hydrogen-bond acceptors (Lipinski definition) is 4. The number of halogens is 1. The van der Waals surface area contributed by atoms with Crippen LogP contribution in [0.5, 0.6) is 0 Å². The second kappa shape index (κ2) is 8.20. The number of nitrogens with one attached hydrogen (secondary N) is 2. The van der Waals surface area contributed by atoms with Gasteiger partial charge in [-0.3, -0.25) is 9.36 Å². The number of benzene rings is 2. The molecule has 0 radical (unpaired) electrons. The predicted octanol–water partition coefficient (Wildman–Crippen LogP) is 3.84. The molecule has 4 rings (SSSR count). The van der Waals surface area contributed by atoms with Gasteiger partial charge in [0.1, 0.15) is 5.82 Å². The van der Waals surface area contributed by atoms with E-state index in [9.17, 15) is 14.0 Å². The van der Waals surface area contributed by atoms with E-state index in [0.717, 1.165) is 5.69 Å². The molecule has 0 saturated carbocycles. The molecule has 0 aliphatic heterocycles. The van der Waals surface area contributed by atoms with Crippen molar-refractivity contribution in [3.05, 3.63) is 88.8 Å². The average molecular weight is 406 g/mol. The van der Waals surface area contributed by atoms with Crippen LogP contribution >= 0.6 is 0 Å². The van der Waals surface area contributed by atoms with Gasteiger partial charge in [0.15, 0.2) is 11.7 Å². The third kappa shape index (κ3) is 3.93. The molecule has 0 fully saturated rings. The van der Waals surface area contributed by atoms with Crippen molar-refractivity contribution >= 4 is 11.6 Å². The Balaban J connectivity index is 1.45. The lowest BCUT2D eigenvalue weighted by atomic mass is 10.2. The van der Waals surface area contributed by atoms with E-state index in [1.807, 2.05) is 0 Å². The quantitative estimate of drug-likeness (QED) is 0.509. The van der Waals surface area contributed by atoms with Gasteiger partial charge in [0.25, 0.3) is 0 Å². The van der Waals surface area contributed by atoms with E-state index in [-0.39, 0.29) is 24.4 Å². The maximum absolute atomic E-state index is 13.9. The summed E-state index contributed by atoms with van der Waals surface area (Å²) in [4.78, 5) is 31.3. The minimum absolute atomic E-state index is 0.118. The van der Waals surface area contributed by atoms with Crippen LogP contribution in [0.4, 0.5) is 10.1 Å². The van der Waals surface area contributed by atoms with Crippen LogP contribution < -0.4 is 11.0 Å². The molecule has 0 aliphatic rings. The van der Waals surface area contributed by atoms with E-state index < -0.39 is 5.82 Å². The molecule has 2 aromatic heterocycles. The SMILES string of the molecule is Cc1c[nH]c(=O)n1-c1ccccc1NC(=O)CCc1ncc(-c2ccccc2F)o1. The van der Waals surface area contributed by atoms with Gasteiger partial charge in [-0.15, -0.1) is 0 Å². The molecule has 2 heterocycles. The van der Waals surface area contributed by atoms with Crippen LogP contribution in [0.15, 0.2) is 70.1 Å². The van der Waals surface area contributed by atoms with Crippen molar-refractivity contribution in [2.45, 2.75) is 19.8 Å². The van der Waals surface area contributed by atoms with E-state index in [4.69, 9.17) is 4.42 Å². The largest absolute Gasteiger partial charge is 0.441 e. The summed E-state index contributed by atoms with van der Waals surface area (Å²) in [6.07, 6.45) is 3.43. The lowest BCUT2D eigenvalue weighted by Gasteiger charge is -2.12.